The summed E-state index contributed by atoms with van der Waals surface area (Å²) in [7, 11) is 0. The van der Waals surface area contributed by atoms with Crippen LogP contribution in [0.5, 0.6) is 0 Å². The van der Waals surface area contributed by atoms with Gasteiger partial charge in [-0.3, -0.25) is 14.4 Å². The van der Waals surface area contributed by atoms with Crippen LogP contribution < -0.4 is 0 Å². The molecule has 0 fully saturated rings. The van der Waals surface area contributed by atoms with Gasteiger partial charge in [-0.2, -0.15) is 0 Å². The minimum atomic E-state index is -0.788. The largest absolute Gasteiger partial charge is 0.462 e. The van der Waals surface area contributed by atoms with Crippen molar-refractivity contribution >= 4 is 17.9 Å². The summed E-state index contributed by atoms with van der Waals surface area (Å²) >= 11 is 0. The van der Waals surface area contributed by atoms with Gasteiger partial charge in [-0.05, 0) is 116 Å². The third-order valence-corrected chi connectivity index (χ3v) is 15.0. The minimum Gasteiger partial charge on any atom is -0.462 e. The maximum Gasteiger partial charge on any atom is 0.306 e. The summed E-state index contributed by atoms with van der Waals surface area (Å²) < 4.78 is 16.9. The van der Waals surface area contributed by atoms with Gasteiger partial charge in [0.25, 0.3) is 0 Å². The van der Waals surface area contributed by atoms with E-state index in [1.54, 1.807) is 0 Å². The van der Waals surface area contributed by atoms with Crippen LogP contribution in [-0.4, -0.2) is 37.2 Å². The molecule has 0 aliphatic rings. The van der Waals surface area contributed by atoms with Crippen molar-refractivity contribution in [3.63, 3.8) is 0 Å². The van der Waals surface area contributed by atoms with Crippen LogP contribution >= 0.6 is 0 Å². The standard InChI is InChI=1S/C76H130O6/c1-4-7-10-13-16-19-22-24-26-28-30-31-32-33-34-35-36-37-38-39-40-41-42-43-44-45-47-48-50-52-54-57-60-63-66-69-75(78)81-72-73(71-80-74(77)68-65-62-59-56-21-18-15-12-9-6-3)82-76(79)70-67-64-61-58-55-53-51-49-46-29-27-25-23-20-17-14-11-8-5-2/h7-8,10-12,15-17,19-20,24-27,30-31,46,49,73H,4-6,9,13-14,18,21-23,28-29,32-45,47-48,50-72H2,1-3H3/b10-7-,11-8-,15-12-,19-16-,20-17-,26-24-,27-25-,31-30-,49-46-. The molecule has 82 heavy (non-hydrogen) atoms. The van der Waals surface area contributed by atoms with Gasteiger partial charge in [0.2, 0.25) is 0 Å². The molecule has 0 radical (unpaired) electrons. The SMILES string of the molecule is CC/C=C\C/C=C\C/C=C\C/C=C\CCCCCCCCCCCCCCCCCCCCCCCCC(=O)OCC(COC(=O)CCCCCCC/C=C\CCC)OC(=O)CCCCCCCC/C=C\C/C=C\C/C=C\C/C=C\CC. The fraction of sp³-hybridized carbons (Fsp3) is 0.724. The molecule has 0 aliphatic carbocycles. The van der Waals surface area contributed by atoms with Crippen molar-refractivity contribution in [1.29, 1.82) is 0 Å². The average molecular weight is 1140 g/mol. The van der Waals surface area contributed by atoms with Crippen LogP contribution in [0.1, 0.15) is 335 Å². The van der Waals surface area contributed by atoms with Crippen molar-refractivity contribution in [3.8, 4) is 0 Å². The third kappa shape index (κ3) is 66.9. The highest BCUT2D eigenvalue weighted by atomic mass is 16.6. The molecule has 0 bridgehead atoms. The van der Waals surface area contributed by atoms with Gasteiger partial charge in [0.15, 0.2) is 6.10 Å². The molecular formula is C76H130O6. The van der Waals surface area contributed by atoms with Crippen LogP contribution in [0.15, 0.2) is 109 Å². The minimum absolute atomic E-state index is 0.0836. The molecule has 0 rings (SSSR count). The van der Waals surface area contributed by atoms with E-state index in [1.807, 2.05) is 0 Å². The molecule has 0 N–H and O–H groups in total. The third-order valence-electron chi connectivity index (χ3n) is 15.0. The van der Waals surface area contributed by atoms with Gasteiger partial charge >= 0.3 is 17.9 Å². The van der Waals surface area contributed by atoms with E-state index < -0.39 is 6.10 Å². The van der Waals surface area contributed by atoms with Crippen molar-refractivity contribution < 1.29 is 28.6 Å². The Morgan fingerprint density at radius 1 is 0.256 bits per heavy atom. The highest BCUT2D eigenvalue weighted by Crippen LogP contribution is 2.17. The average Bonchev–Trinajstić information content (AvgIpc) is 3.48. The van der Waals surface area contributed by atoms with E-state index in [2.05, 4.69) is 130 Å². The van der Waals surface area contributed by atoms with E-state index in [4.69, 9.17) is 14.2 Å². The van der Waals surface area contributed by atoms with Crippen LogP contribution in [0.25, 0.3) is 0 Å². The molecule has 6 nitrogen and oxygen atoms in total. The summed E-state index contributed by atoms with van der Waals surface area (Å²) in [6.07, 6.45) is 95.7. The maximum absolute atomic E-state index is 12.9. The lowest BCUT2D eigenvalue weighted by molar-refractivity contribution is -0.167. The number of carbonyl (C=O) groups excluding carboxylic acids is 3. The molecule has 0 saturated heterocycles. The Morgan fingerprint density at radius 3 is 0.756 bits per heavy atom. The summed E-state index contributed by atoms with van der Waals surface area (Å²) in [6, 6.07) is 0. The number of hydrogen-bond donors (Lipinski definition) is 0. The second-order valence-electron chi connectivity index (χ2n) is 23.0. The van der Waals surface area contributed by atoms with E-state index in [-0.39, 0.29) is 31.1 Å². The Kier molecular flexibility index (Phi) is 66.2. The van der Waals surface area contributed by atoms with Crippen molar-refractivity contribution in [2.75, 3.05) is 13.2 Å². The summed E-state index contributed by atoms with van der Waals surface area (Å²) in [6.45, 7) is 6.36. The molecule has 1 atom stereocenters. The monoisotopic (exact) mass is 1140 g/mol. The lowest BCUT2D eigenvalue weighted by atomic mass is 10.0. The Bertz CT molecular complexity index is 1640. The first-order valence-electron chi connectivity index (χ1n) is 34.9. The summed E-state index contributed by atoms with van der Waals surface area (Å²) in [5.74, 6) is -0.897. The van der Waals surface area contributed by atoms with Crippen LogP contribution in [0, 0.1) is 0 Å². The Morgan fingerprint density at radius 2 is 0.476 bits per heavy atom. The van der Waals surface area contributed by atoms with Crippen LogP contribution in [0.2, 0.25) is 0 Å². The first-order chi connectivity index (χ1) is 40.5. The van der Waals surface area contributed by atoms with E-state index >= 15 is 0 Å². The molecule has 0 amide bonds. The molecule has 0 spiro atoms. The molecule has 0 saturated carbocycles. The maximum atomic E-state index is 12.9. The fourth-order valence-corrected chi connectivity index (χ4v) is 9.84. The summed E-state index contributed by atoms with van der Waals surface area (Å²) in [4.78, 5) is 38.3. The Balaban J connectivity index is 4.09. The quantitative estimate of drug-likeness (QED) is 0.0261. The summed E-state index contributed by atoms with van der Waals surface area (Å²) in [5, 5.41) is 0. The number of carbonyl (C=O) groups is 3. The van der Waals surface area contributed by atoms with Gasteiger partial charge in [-0.25, -0.2) is 0 Å². The van der Waals surface area contributed by atoms with Gasteiger partial charge in [0.05, 0.1) is 0 Å². The smallest absolute Gasteiger partial charge is 0.306 e. The number of rotatable bonds is 63. The number of ether oxygens (including phenoxy) is 3. The Hall–Kier alpha value is -3.93. The predicted octanol–water partition coefficient (Wildman–Crippen LogP) is 24.2. The number of unbranched alkanes of at least 4 members (excludes halogenated alkanes) is 34. The lowest BCUT2D eigenvalue weighted by Gasteiger charge is -2.18. The molecule has 0 heterocycles. The van der Waals surface area contributed by atoms with E-state index in [0.29, 0.717) is 19.3 Å². The highest BCUT2D eigenvalue weighted by Gasteiger charge is 2.19. The number of esters is 3. The molecular weight excluding hydrogens is 1010 g/mol. The fourth-order valence-electron chi connectivity index (χ4n) is 9.84. The van der Waals surface area contributed by atoms with Crippen molar-refractivity contribution in [1.82, 2.24) is 0 Å². The number of allylic oxidation sites excluding steroid dienone is 18. The van der Waals surface area contributed by atoms with E-state index in [0.717, 1.165) is 135 Å². The summed E-state index contributed by atoms with van der Waals surface area (Å²) in [5.41, 5.74) is 0. The molecule has 0 aliphatic heterocycles. The van der Waals surface area contributed by atoms with Gasteiger partial charge in [0.1, 0.15) is 13.2 Å². The van der Waals surface area contributed by atoms with Gasteiger partial charge in [-0.15, -0.1) is 0 Å². The van der Waals surface area contributed by atoms with Gasteiger partial charge in [-0.1, -0.05) is 310 Å². The Labute approximate surface area is 508 Å². The zero-order chi connectivity index (χ0) is 59.2. The zero-order valence-electron chi connectivity index (χ0n) is 54.0. The molecule has 0 aromatic heterocycles. The first-order valence-corrected chi connectivity index (χ1v) is 34.9. The molecule has 6 heteroatoms. The first kappa shape index (κ1) is 78.1. The molecule has 0 aromatic carbocycles. The van der Waals surface area contributed by atoms with Crippen molar-refractivity contribution in [2.24, 2.45) is 0 Å². The van der Waals surface area contributed by atoms with Crippen molar-refractivity contribution in [2.45, 2.75) is 341 Å². The van der Waals surface area contributed by atoms with Crippen LogP contribution in [0.4, 0.5) is 0 Å². The zero-order valence-corrected chi connectivity index (χ0v) is 54.0. The second-order valence-corrected chi connectivity index (χ2v) is 23.0. The predicted molar refractivity (Wildman–Crippen MR) is 357 cm³/mol. The highest BCUT2D eigenvalue weighted by molar-refractivity contribution is 5.71. The normalized spacial score (nSPS) is 12.8. The van der Waals surface area contributed by atoms with Crippen LogP contribution in [-0.2, 0) is 28.6 Å². The molecule has 470 valence electrons. The molecule has 0 aromatic rings. The molecule has 1 unspecified atom stereocenters. The van der Waals surface area contributed by atoms with Gasteiger partial charge < -0.3 is 14.2 Å². The number of hydrogen-bond acceptors (Lipinski definition) is 6. The van der Waals surface area contributed by atoms with E-state index in [1.165, 1.54) is 161 Å². The van der Waals surface area contributed by atoms with Gasteiger partial charge in [0, 0.05) is 19.3 Å². The topological polar surface area (TPSA) is 78.9 Å². The van der Waals surface area contributed by atoms with Crippen LogP contribution in [0.3, 0.4) is 0 Å². The second kappa shape index (κ2) is 69.6. The van der Waals surface area contributed by atoms with Crippen molar-refractivity contribution in [3.05, 3.63) is 109 Å². The lowest BCUT2D eigenvalue weighted by Crippen LogP contribution is -2.30. The van der Waals surface area contributed by atoms with E-state index in [9.17, 15) is 14.4 Å².